The SMILES string of the molecule is Cn1ccn(Cc2ccc(F)c(CN)c2)c(=O)c1=O. The highest BCUT2D eigenvalue weighted by Crippen LogP contribution is 2.10. The molecule has 0 aliphatic rings. The molecule has 1 aromatic heterocycles. The number of rotatable bonds is 3. The molecule has 0 unspecified atom stereocenters. The molecule has 0 spiro atoms. The Morgan fingerprint density at radius 2 is 1.95 bits per heavy atom. The van der Waals surface area contributed by atoms with Crippen LogP contribution in [0.25, 0.3) is 0 Å². The lowest BCUT2D eigenvalue weighted by atomic mass is 10.1. The molecule has 1 aromatic carbocycles. The van der Waals surface area contributed by atoms with Crippen molar-refractivity contribution in [2.75, 3.05) is 0 Å². The fourth-order valence-electron chi connectivity index (χ4n) is 1.79. The van der Waals surface area contributed by atoms with Gasteiger partial charge in [-0.25, -0.2) is 4.39 Å². The third kappa shape index (κ3) is 2.63. The second-order valence-electron chi connectivity index (χ2n) is 4.28. The van der Waals surface area contributed by atoms with Crippen LogP contribution in [0, 0.1) is 5.82 Å². The molecule has 0 aliphatic heterocycles. The molecule has 100 valence electrons. The molecule has 19 heavy (non-hydrogen) atoms. The molecule has 0 amide bonds. The molecule has 5 nitrogen and oxygen atoms in total. The van der Waals surface area contributed by atoms with E-state index in [1.165, 1.54) is 34.6 Å². The molecule has 0 aliphatic carbocycles. The minimum atomic E-state index is -0.608. The van der Waals surface area contributed by atoms with Crippen molar-refractivity contribution in [3.8, 4) is 0 Å². The summed E-state index contributed by atoms with van der Waals surface area (Å²) >= 11 is 0. The van der Waals surface area contributed by atoms with Gasteiger partial charge in [-0.15, -0.1) is 0 Å². The van der Waals surface area contributed by atoms with Gasteiger partial charge in [-0.05, 0) is 17.7 Å². The summed E-state index contributed by atoms with van der Waals surface area (Å²) in [4.78, 5) is 23.3. The van der Waals surface area contributed by atoms with E-state index in [0.717, 1.165) is 5.56 Å². The third-order valence-electron chi connectivity index (χ3n) is 2.92. The molecule has 2 rings (SSSR count). The van der Waals surface area contributed by atoms with Gasteiger partial charge in [0.1, 0.15) is 5.82 Å². The minimum Gasteiger partial charge on any atom is -0.326 e. The number of benzene rings is 1. The van der Waals surface area contributed by atoms with Gasteiger partial charge in [0.25, 0.3) is 0 Å². The van der Waals surface area contributed by atoms with Crippen molar-refractivity contribution in [3.05, 3.63) is 68.2 Å². The standard InChI is InChI=1S/C13H14FN3O2/c1-16-4-5-17(13(19)12(16)18)8-9-2-3-11(14)10(6-9)7-15/h2-6H,7-8,15H2,1H3. The van der Waals surface area contributed by atoms with Crippen LogP contribution in [0.1, 0.15) is 11.1 Å². The zero-order valence-corrected chi connectivity index (χ0v) is 10.5. The second kappa shape index (κ2) is 5.19. The quantitative estimate of drug-likeness (QED) is 0.804. The summed E-state index contributed by atoms with van der Waals surface area (Å²) < 4.78 is 15.8. The van der Waals surface area contributed by atoms with E-state index in [0.29, 0.717) is 5.56 Å². The van der Waals surface area contributed by atoms with E-state index in [9.17, 15) is 14.0 Å². The van der Waals surface area contributed by atoms with Crippen molar-refractivity contribution in [2.45, 2.75) is 13.1 Å². The normalized spacial score (nSPS) is 10.7. The second-order valence-corrected chi connectivity index (χ2v) is 4.28. The maximum absolute atomic E-state index is 13.3. The highest BCUT2D eigenvalue weighted by Gasteiger charge is 2.06. The number of nitrogens with two attached hydrogens (primary N) is 1. The van der Waals surface area contributed by atoms with Crippen LogP contribution in [0.4, 0.5) is 4.39 Å². The molecule has 2 N–H and O–H groups in total. The van der Waals surface area contributed by atoms with Gasteiger partial charge in [-0.3, -0.25) is 9.59 Å². The lowest BCUT2D eigenvalue weighted by Crippen LogP contribution is -2.39. The predicted molar refractivity (Wildman–Crippen MR) is 69.3 cm³/mol. The molecule has 0 atom stereocenters. The Hall–Kier alpha value is -2.21. The van der Waals surface area contributed by atoms with E-state index in [4.69, 9.17) is 5.73 Å². The summed E-state index contributed by atoms with van der Waals surface area (Å²) in [5.74, 6) is -0.373. The summed E-state index contributed by atoms with van der Waals surface area (Å²) in [6.07, 6.45) is 3.03. The van der Waals surface area contributed by atoms with Gasteiger partial charge in [0.2, 0.25) is 0 Å². The van der Waals surface area contributed by atoms with E-state index < -0.39 is 11.1 Å². The number of aryl methyl sites for hydroxylation is 1. The van der Waals surface area contributed by atoms with Gasteiger partial charge in [-0.2, -0.15) is 0 Å². The van der Waals surface area contributed by atoms with Crippen molar-refractivity contribution in [1.82, 2.24) is 9.13 Å². The van der Waals surface area contributed by atoms with E-state index in [-0.39, 0.29) is 18.9 Å². The van der Waals surface area contributed by atoms with Crippen LogP contribution >= 0.6 is 0 Å². The molecule has 0 saturated heterocycles. The Kier molecular flexibility index (Phi) is 3.62. The molecule has 2 aromatic rings. The van der Waals surface area contributed by atoms with Crippen molar-refractivity contribution in [3.63, 3.8) is 0 Å². The highest BCUT2D eigenvalue weighted by atomic mass is 19.1. The van der Waals surface area contributed by atoms with Crippen LogP contribution in [0.2, 0.25) is 0 Å². The first-order valence-corrected chi connectivity index (χ1v) is 5.76. The Labute approximate surface area is 108 Å². The number of hydrogen-bond acceptors (Lipinski definition) is 3. The number of aromatic nitrogens is 2. The van der Waals surface area contributed by atoms with Gasteiger partial charge in [0.15, 0.2) is 0 Å². The fraction of sp³-hybridized carbons (Fsp3) is 0.231. The first kappa shape index (κ1) is 13.2. The average molecular weight is 263 g/mol. The van der Waals surface area contributed by atoms with Crippen LogP contribution in [-0.2, 0) is 20.1 Å². The summed E-state index contributed by atoms with van der Waals surface area (Å²) in [7, 11) is 1.51. The van der Waals surface area contributed by atoms with Crippen molar-refractivity contribution >= 4 is 0 Å². The smallest absolute Gasteiger partial charge is 0.316 e. The maximum atomic E-state index is 13.3. The summed E-state index contributed by atoms with van der Waals surface area (Å²) in [5.41, 5.74) is 5.33. The van der Waals surface area contributed by atoms with Gasteiger partial charge in [0.05, 0.1) is 6.54 Å². The molecule has 0 saturated carbocycles. The maximum Gasteiger partial charge on any atom is 0.316 e. The van der Waals surface area contributed by atoms with Gasteiger partial charge < -0.3 is 14.9 Å². The largest absolute Gasteiger partial charge is 0.326 e. The van der Waals surface area contributed by atoms with E-state index in [1.807, 2.05) is 0 Å². The predicted octanol–water partition coefficient (Wildman–Crippen LogP) is 0.193. The Morgan fingerprint density at radius 1 is 1.21 bits per heavy atom. The van der Waals surface area contributed by atoms with Crippen LogP contribution in [-0.4, -0.2) is 9.13 Å². The zero-order valence-electron chi connectivity index (χ0n) is 10.5. The Bertz CT molecular complexity index is 719. The molecule has 0 bridgehead atoms. The van der Waals surface area contributed by atoms with Crippen molar-refractivity contribution < 1.29 is 4.39 Å². The zero-order chi connectivity index (χ0) is 14.0. The molecule has 1 heterocycles. The highest BCUT2D eigenvalue weighted by molar-refractivity contribution is 5.25. The minimum absolute atomic E-state index is 0.0884. The first-order valence-electron chi connectivity index (χ1n) is 5.76. The Balaban J connectivity index is 2.39. The van der Waals surface area contributed by atoms with E-state index in [2.05, 4.69) is 0 Å². The fourth-order valence-corrected chi connectivity index (χ4v) is 1.79. The summed E-state index contributed by atoms with van der Waals surface area (Å²) in [6, 6.07) is 4.47. The van der Waals surface area contributed by atoms with Gasteiger partial charge in [-0.1, -0.05) is 6.07 Å². The van der Waals surface area contributed by atoms with Crippen LogP contribution < -0.4 is 16.9 Å². The number of nitrogens with zero attached hydrogens (tertiary/aromatic N) is 2. The van der Waals surface area contributed by atoms with Crippen LogP contribution in [0.5, 0.6) is 0 Å². The molecular weight excluding hydrogens is 249 g/mol. The molecule has 0 fully saturated rings. The monoisotopic (exact) mass is 263 g/mol. The van der Waals surface area contributed by atoms with E-state index >= 15 is 0 Å². The lowest BCUT2D eigenvalue weighted by Gasteiger charge is -2.08. The Morgan fingerprint density at radius 3 is 2.63 bits per heavy atom. The summed E-state index contributed by atoms with van der Waals surface area (Å²) in [5, 5.41) is 0. The van der Waals surface area contributed by atoms with Crippen molar-refractivity contribution in [2.24, 2.45) is 12.8 Å². The van der Waals surface area contributed by atoms with Crippen molar-refractivity contribution in [1.29, 1.82) is 0 Å². The van der Waals surface area contributed by atoms with Gasteiger partial charge >= 0.3 is 11.1 Å². The molecule has 0 radical (unpaired) electrons. The number of hydrogen-bond donors (Lipinski definition) is 1. The third-order valence-corrected chi connectivity index (χ3v) is 2.92. The average Bonchev–Trinajstić information content (AvgIpc) is 2.41. The van der Waals surface area contributed by atoms with Crippen LogP contribution in [0.3, 0.4) is 0 Å². The lowest BCUT2D eigenvalue weighted by molar-refractivity contribution is 0.608. The van der Waals surface area contributed by atoms with Crippen LogP contribution in [0.15, 0.2) is 40.2 Å². The number of halogens is 1. The topological polar surface area (TPSA) is 70.0 Å². The first-order chi connectivity index (χ1) is 9.02. The van der Waals surface area contributed by atoms with E-state index in [1.54, 1.807) is 12.1 Å². The summed E-state index contributed by atoms with van der Waals surface area (Å²) in [6.45, 7) is 0.299. The van der Waals surface area contributed by atoms with Gasteiger partial charge in [0, 0.05) is 31.5 Å². The molecule has 6 heteroatoms. The molecular formula is C13H14FN3O2.